The number of benzene rings is 2. The highest BCUT2D eigenvalue weighted by Crippen LogP contribution is 2.30. The molecular weight excluding hydrogens is 354 g/mol. The lowest BCUT2D eigenvalue weighted by atomic mass is 9.99. The summed E-state index contributed by atoms with van der Waals surface area (Å²) >= 11 is 7.15. The Morgan fingerprint density at radius 3 is 2.39 bits per heavy atom. The quantitative estimate of drug-likeness (QED) is 0.830. The second kappa shape index (κ2) is 6.00. The van der Waals surface area contributed by atoms with Gasteiger partial charge in [0.15, 0.2) is 0 Å². The van der Waals surface area contributed by atoms with Crippen molar-refractivity contribution in [1.82, 2.24) is 0 Å². The molecule has 1 unspecified atom stereocenters. The number of hydrogen-bond acceptors (Lipinski definition) is 1. The first-order chi connectivity index (χ1) is 8.58. The van der Waals surface area contributed by atoms with Crippen molar-refractivity contribution < 1.29 is 0 Å². The predicted molar refractivity (Wildman–Crippen MR) is 83.7 cm³/mol. The van der Waals surface area contributed by atoms with Crippen molar-refractivity contribution in [3.8, 4) is 0 Å². The minimum absolute atomic E-state index is 0.00123. The van der Waals surface area contributed by atoms with Crippen LogP contribution in [0.15, 0.2) is 51.4 Å². The zero-order chi connectivity index (χ0) is 13.1. The largest absolute Gasteiger partial charge is 0.324 e. The van der Waals surface area contributed by atoms with E-state index in [1.54, 1.807) is 0 Å². The fourth-order valence-electron chi connectivity index (χ4n) is 1.92. The van der Waals surface area contributed by atoms with Crippen LogP contribution < -0.4 is 5.73 Å². The molecule has 0 spiro atoms. The Bertz CT molecular complexity index is 538. The second-order valence-electron chi connectivity index (χ2n) is 4.42. The minimum atomic E-state index is -0.00123. The Hall–Kier alpha value is -0.640. The normalized spacial score (nSPS) is 12.4. The average molecular weight is 369 g/mol. The molecule has 0 amide bonds. The maximum absolute atomic E-state index is 6.30. The van der Waals surface area contributed by atoms with Gasteiger partial charge in [0.25, 0.3) is 0 Å². The van der Waals surface area contributed by atoms with Gasteiger partial charge in [-0.25, -0.2) is 0 Å². The maximum atomic E-state index is 6.30. The molecule has 0 saturated heterocycles. The molecule has 0 aliphatic heterocycles. The summed E-state index contributed by atoms with van der Waals surface area (Å²) in [6.45, 7) is 2.07. The van der Waals surface area contributed by atoms with E-state index in [2.05, 4.69) is 63.0 Å². The lowest BCUT2D eigenvalue weighted by molar-refractivity contribution is 0.717. The molecule has 0 heterocycles. The summed E-state index contributed by atoms with van der Waals surface area (Å²) in [4.78, 5) is 0. The van der Waals surface area contributed by atoms with Gasteiger partial charge in [-0.15, -0.1) is 0 Å². The van der Waals surface area contributed by atoms with Gasteiger partial charge in [-0.3, -0.25) is 0 Å². The van der Waals surface area contributed by atoms with Gasteiger partial charge in [-0.2, -0.15) is 0 Å². The highest BCUT2D eigenvalue weighted by Gasteiger charge is 2.12. The number of rotatable bonds is 3. The van der Waals surface area contributed by atoms with Gasteiger partial charge in [0.2, 0.25) is 0 Å². The van der Waals surface area contributed by atoms with E-state index in [-0.39, 0.29) is 6.04 Å². The van der Waals surface area contributed by atoms with E-state index in [0.717, 1.165) is 20.9 Å². The molecule has 1 atom stereocenters. The van der Waals surface area contributed by atoms with E-state index in [9.17, 15) is 0 Å². The molecule has 0 aliphatic carbocycles. The summed E-state index contributed by atoms with van der Waals surface area (Å²) < 4.78 is 2.18. The molecule has 18 heavy (non-hydrogen) atoms. The maximum Gasteiger partial charge on any atom is 0.0347 e. The van der Waals surface area contributed by atoms with Crippen molar-refractivity contribution in [2.45, 2.75) is 19.4 Å². The molecule has 2 N–H and O–H groups in total. The van der Waals surface area contributed by atoms with E-state index in [1.807, 2.05) is 18.2 Å². The molecule has 0 fully saturated rings. The summed E-state index contributed by atoms with van der Waals surface area (Å²) in [5.74, 6) is 0. The summed E-state index contributed by atoms with van der Waals surface area (Å²) in [5.41, 5.74) is 9.90. The Morgan fingerprint density at radius 2 is 1.72 bits per heavy atom. The van der Waals surface area contributed by atoms with E-state index in [1.165, 1.54) is 11.1 Å². The third kappa shape index (κ3) is 3.22. The molecule has 2 aromatic rings. The van der Waals surface area contributed by atoms with Crippen molar-refractivity contribution in [3.63, 3.8) is 0 Å². The Balaban J connectivity index is 2.24. The van der Waals surface area contributed by atoms with Crippen LogP contribution in [0, 0.1) is 6.92 Å². The van der Waals surface area contributed by atoms with Crippen molar-refractivity contribution in [3.05, 3.63) is 68.1 Å². The predicted octanol–water partition coefficient (Wildman–Crippen LogP) is 4.76. The number of halogens is 2. The first-order valence-corrected chi connectivity index (χ1v) is 7.41. The third-order valence-corrected chi connectivity index (χ3v) is 4.52. The van der Waals surface area contributed by atoms with Crippen LogP contribution in [0.1, 0.15) is 22.7 Å². The lowest BCUT2D eigenvalue weighted by Gasteiger charge is -2.15. The van der Waals surface area contributed by atoms with Crippen molar-refractivity contribution in [2.24, 2.45) is 5.73 Å². The van der Waals surface area contributed by atoms with Crippen LogP contribution >= 0.6 is 31.9 Å². The molecule has 0 saturated carbocycles. The monoisotopic (exact) mass is 367 g/mol. The van der Waals surface area contributed by atoms with Crippen LogP contribution in [-0.4, -0.2) is 0 Å². The fourth-order valence-corrected chi connectivity index (χ4v) is 3.04. The lowest BCUT2D eigenvalue weighted by Crippen LogP contribution is -2.14. The molecule has 2 rings (SSSR count). The number of aryl methyl sites for hydroxylation is 1. The van der Waals surface area contributed by atoms with Crippen molar-refractivity contribution in [1.29, 1.82) is 0 Å². The fraction of sp³-hybridized carbons (Fsp3) is 0.200. The van der Waals surface area contributed by atoms with Gasteiger partial charge < -0.3 is 5.73 Å². The van der Waals surface area contributed by atoms with Crippen LogP contribution in [0.3, 0.4) is 0 Å². The first kappa shape index (κ1) is 13.8. The molecule has 0 aliphatic rings. The molecule has 2 aromatic carbocycles. The summed E-state index contributed by atoms with van der Waals surface area (Å²) in [6, 6.07) is 14.5. The summed E-state index contributed by atoms with van der Waals surface area (Å²) in [6.07, 6.45) is 0.842. The Kier molecular flexibility index (Phi) is 4.60. The smallest absolute Gasteiger partial charge is 0.0347 e. The third-order valence-electron chi connectivity index (χ3n) is 2.98. The number of nitrogens with two attached hydrogens (primary N) is 1. The van der Waals surface area contributed by atoms with Gasteiger partial charge in [0.05, 0.1) is 0 Å². The summed E-state index contributed by atoms with van der Waals surface area (Å²) in [7, 11) is 0. The molecule has 94 valence electrons. The van der Waals surface area contributed by atoms with Crippen molar-refractivity contribution >= 4 is 31.9 Å². The van der Waals surface area contributed by atoms with Gasteiger partial charge >= 0.3 is 0 Å². The topological polar surface area (TPSA) is 26.0 Å². The highest BCUT2D eigenvalue weighted by molar-refractivity contribution is 9.11. The molecule has 3 heteroatoms. The van der Waals surface area contributed by atoms with Gasteiger partial charge in [-0.05, 0) is 42.2 Å². The zero-order valence-electron chi connectivity index (χ0n) is 10.2. The zero-order valence-corrected chi connectivity index (χ0v) is 13.3. The van der Waals surface area contributed by atoms with E-state index >= 15 is 0 Å². The average Bonchev–Trinajstić information content (AvgIpc) is 2.35. The minimum Gasteiger partial charge on any atom is -0.324 e. The second-order valence-corrected chi connectivity index (χ2v) is 6.13. The van der Waals surface area contributed by atoms with Crippen LogP contribution in [-0.2, 0) is 6.42 Å². The Labute approximate surface area is 125 Å². The highest BCUT2D eigenvalue weighted by atomic mass is 79.9. The summed E-state index contributed by atoms with van der Waals surface area (Å²) in [5, 5.41) is 0. The molecule has 0 radical (unpaired) electrons. The van der Waals surface area contributed by atoms with Gasteiger partial charge in [0, 0.05) is 15.0 Å². The molecule has 1 nitrogen and oxygen atoms in total. The first-order valence-electron chi connectivity index (χ1n) is 5.83. The van der Waals surface area contributed by atoms with Crippen LogP contribution in [0.2, 0.25) is 0 Å². The Morgan fingerprint density at radius 1 is 1.06 bits per heavy atom. The van der Waals surface area contributed by atoms with E-state index < -0.39 is 0 Å². The molecular formula is C15H15Br2N. The van der Waals surface area contributed by atoms with E-state index in [4.69, 9.17) is 5.73 Å². The van der Waals surface area contributed by atoms with Gasteiger partial charge in [-0.1, -0.05) is 62.2 Å². The van der Waals surface area contributed by atoms with Crippen LogP contribution in [0.25, 0.3) is 0 Å². The van der Waals surface area contributed by atoms with Crippen LogP contribution in [0.4, 0.5) is 0 Å². The number of hydrogen-bond donors (Lipinski definition) is 1. The molecule has 0 aromatic heterocycles. The SMILES string of the molecule is Cc1cc(Br)c(C(N)Cc2ccccc2)cc1Br. The van der Waals surface area contributed by atoms with Crippen molar-refractivity contribution in [2.75, 3.05) is 0 Å². The van der Waals surface area contributed by atoms with Crippen LogP contribution in [0.5, 0.6) is 0 Å². The van der Waals surface area contributed by atoms with Gasteiger partial charge in [0.1, 0.15) is 0 Å². The molecule has 0 bridgehead atoms. The van der Waals surface area contributed by atoms with E-state index in [0.29, 0.717) is 0 Å². The standard InChI is InChI=1S/C15H15Br2N/c1-10-7-14(17)12(9-13(10)16)15(18)8-11-5-3-2-4-6-11/h2-7,9,15H,8,18H2,1H3.